The average Bonchev–Trinajstić information content (AvgIpc) is 3.40. The maximum absolute atomic E-state index is 5.93. The summed E-state index contributed by atoms with van der Waals surface area (Å²) in [6.45, 7) is 0.453. The van der Waals surface area contributed by atoms with E-state index in [1.165, 1.54) is 15.4 Å². The first-order valence-electron chi connectivity index (χ1n) is 10.5. The van der Waals surface area contributed by atoms with E-state index in [1.807, 2.05) is 48.2 Å². The van der Waals surface area contributed by atoms with Gasteiger partial charge in [-0.15, -0.1) is 33.7 Å². The molecule has 5 aromatic rings. The summed E-state index contributed by atoms with van der Waals surface area (Å²) in [4.78, 5) is 7.06. The molecule has 0 aliphatic rings. The molecule has 0 radical (unpaired) electrons. The maximum Gasteiger partial charge on any atom is 0.184 e. The number of nitrogens with zero attached hydrogens (tertiary/aromatic N) is 4. The molecule has 0 saturated heterocycles. The third kappa shape index (κ3) is 5.91. The first-order valence-corrected chi connectivity index (χ1v) is 12.4. The standard InChI is InChI=1S/C25H21N5OS2/c1-2-4-24-19(3-1)7-8-20(26-24)15-31-21-9-13-23(14-10-21)32-16-18-5-11-22(12-6-18)33-17-25-27-29-30-28-25/h1-14H,15-17H2,(H,27,28,29,30). The summed E-state index contributed by atoms with van der Waals surface area (Å²) in [7, 11) is 0. The number of H-pyrrole nitrogens is 1. The zero-order chi connectivity index (χ0) is 22.3. The lowest BCUT2D eigenvalue weighted by Gasteiger charge is -2.08. The molecule has 2 heterocycles. The normalized spacial score (nSPS) is 11.0. The number of aromatic amines is 1. The van der Waals surface area contributed by atoms with E-state index >= 15 is 0 Å². The molecule has 1 N–H and O–H groups in total. The van der Waals surface area contributed by atoms with Crippen LogP contribution in [0.5, 0.6) is 5.75 Å². The highest BCUT2D eigenvalue weighted by molar-refractivity contribution is 7.98. The maximum atomic E-state index is 5.93. The van der Waals surface area contributed by atoms with Crippen molar-refractivity contribution in [2.75, 3.05) is 0 Å². The van der Waals surface area contributed by atoms with Crippen LogP contribution in [0.15, 0.2) is 94.7 Å². The van der Waals surface area contributed by atoms with E-state index in [9.17, 15) is 0 Å². The van der Waals surface area contributed by atoms with E-state index in [2.05, 4.69) is 74.1 Å². The van der Waals surface area contributed by atoms with Gasteiger partial charge in [0, 0.05) is 20.9 Å². The monoisotopic (exact) mass is 471 g/mol. The van der Waals surface area contributed by atoms with Gasteiger partial charge in [0.15, 0.2) is 5.82 Å². The van der Waals surface area contributed by atoms with Crippen molar-refractivity contribution < 1.29 is 4.74 Å². The molecule has 0 bridgehead atoms. The fourth-order valence-corrected chi connectivity index (χ4v) is 4.82. The Kier molecular flexibility index (Phi) is 6.84. The SMILES string of the molecule is c1ccc2nc(COc3ccc(SCc4ccc(SCc5nn[nH]n5)cc4)cc3)ccc2c1. The van der Waals surface area contributed by atoms with Gasteiger partial charge in [0.25, 0.3) is 0 Å². The van der Waals surface area contributed by atoms with Crippen LogP contribution >= 0.6 is 23.5 Å². The van der Waals surface area contributed by atoms with Gasteiger partial charge in [-0.3, -0.25) is 0 Å². The van der Waals surface area contributed by atoms with Gasteiger partial charge in [0.05, 0.1) is 17.0 Å². The van der Waals surface area contributed by atoms with Crippen molar-refractivity contribution in [3.05, 3.63) is 102 Å². The Hall–Kier alpha value is -3.36. The molecule has 0 fully saturated rings. The Balaban J connectivity index is 1.10. The van der Waals surface area contributed by atoms with Crippen LogP contribution in [0.3, 0.4) is 0 Å². The van der Waals surface area contributed by atoms with Crippen LogP contribution < -0.4 is 4.74 Å². The molecule has 5 rings (SSSR count). The first kappa shape index (κ1) is 21.5. The van der Waals surface area contributed by atoms with Crippen molar-refractivity contribution in [2.24, 2.45) is 0 Å². The number of hydrogen-bond donors (Lipinski definition) is 1. The molecule has 6 nitrogen and oxygen atoms in total. The van der Waals surface area contributed by atoms with E-state index < -0.39 is 0 Å². The summed E-state index contributed by atoms with van der Waals surface area (Å²) < 4.78 is 5.93. The number of aromatic nitrogens is 5. The second-order valence-electron chi connectivity index (χ2n) is 7.30. The predicted molar refractivity (Wildman–Crippen MR) is 132 cm³/mol. The third-order valence-corrected chi connectivity index (χ3v) is 7.04. The second-order valence-corrected chi connectivity index (χ2v) is 9.40. The summed E-state index contributed by atoms with van der Waals surface area (Å²) in [5.41, 5.74) is 3.20. The zero-order valence-electron chi connectivity index (χ0n) is 17.7. The molecule has 164 valence electrons. The fraction of sp³-hybridized carbons (Fsp3) is 0.120. The minimum Gasteiger partial charge on any atom is -0.487 e. The lowest BCUT2D eigenvalue weighted by Crippen LogP contribution is -1.98. The van der Waals surface area contributed by atoms with Gasteiger partial charge < -0.3 is 4.74 Å². The molecule has 0 amide bonds. The molecule has 0 spiro atoms. The van der Waals surface area contributed by atoms with E-state index in [4.69, 9.17) is 4.74 Å². The third-order valence-electron chi connectivity index (χ3n) is 4.95. The Morgan fingerprint density at radius 3 is 2.30 bits per heavy atom. The smallest absolute Gasteiger partial charge is 0.184 e. The molecule has 0 aliphatic heterocycles. The van der Waals surface area contributed by atoms with Crippen LogP contribution in [-0.4, -0.2) is 25.6 Å². The molecular weight excluding hydrogens is 450 g/mol. The molecular formula is C25H21N5OS2. The number of hydrogen-bond acceptors (Lipinski definition) is 7. The summed E-state index contributed by atoms with van der Waals surface area (Å²) >= 11 is 3.50. The van der Waals surface area contributed by atoms with Crippen LogP contribution in [0.1, 0.15) is 17.1 Å². The highest BCUT2D eigenvalue weighted by Gasteiger charge is 2.03. The summed E-state index contributed by atoms with van der Waals surface area (Å²) in [6.07, 6.45) is 0. The fourth-order valence-electron chi connectivity index (χ4n) is 3.22. The molecule has 8 heteroatoms. The summed E-state index contributed by atoms with van der Waals surface area (Å²) in [5, 5.41) is 15.1. The second kappa shape index (κ2) is 10.5. The lowest BCUT2D eigenvalue weighted by atomic mass is 10.2. The van der Waals surface area contributed by atoms with Crippen LogP contribution in [-0.2, 0) is 18.1 Å². The summed E-state index contributed by atoms with van der Waals surface area (Å²) in [5.74, 6) is 3.17. The van der Waals surface area contributed by atoms with Gasteiger partial charge >= 0.3 is 0 Å². The van der Waals surface area contributed by atoms with Crippen molar-refractivity contribution in [3.63, 3.8) is 0 Å². The zero-order valence-corrected chi connectivity index (χ0v) is 19.4. The highest BCUT2D eigenvalue weighted by Crippen LogP contribution is 2.27. The summed E-state index contributed by atoms with van der Waals surface area (Å²) in [6, 6.07) is 29.0. The number of nitrogens with one attached hydrogen (secondary N) is 1. The molecule has 33 heavy (non-hydrogen) atoms. The number of benzene rings is 3. The molecule has 3 aromatic carbocycles. The Morgan fingerprint density at radius 2 is 1.52 bits per heavy atom. The van der Waals surface area contributed by atoms with Gasteiger partial charge in [-0.05, 0) is 54.1 Å². The van der Waals surface area contributed by atoms with E-state index in [-0.39, 0.29) is 0 Å². The number of para-hydroxylation sites is 1. The number of thioether (sulfide) groups is 2. The predicted octanol–water partition coefficient (Wildman–Crippen LogP) is 5.91. The van der Waals surface area contributed by atoms with Gasteiger partial charge in [-0.2, -0.15) is 5.21 Å². The van der Waals surface area contributed by atoms with Gasteiger partial charge in [-0.25, -0.2) is 4.98 Å². The van der Waals surface area contributed by atoms with Crippen LogP contribution in [0.25, 0.3) is 10.9 Å². The van der Waals surface area contributed by atoms with Gasteiger partial charge in [0.2, 0.25) is 0 Å². The largest absolute Gasteiger partial charge is 0.487 e. The van der Waals surface area contributed by atoms with Gasteiger partial charge in [-0.1, -0.05) is 41.6 Å². The molecule has 0 aliphatic carbocycles. The minimum atomic E-state index is 0.453. The van der Waals surface area contributed by atoms with E-state index in [1.54, 1.807) is 11.8 Å². The van der Waals surface area contributed by atoms with Crippen molar-refractivity contribution in [2.45, 2.75) is 27.9 Å². The van der Waals surface area contributed by atoms with Crippen molar-refractivity contribution in [1.82, 2.24) is 25.6 Å². The Labute approximate surface area is 200 Å². The van der Waals surface area contributed by atoms with Crippen molar-refractivity contribution >= 4 is 34.4 Å². The number of fused-ring (bicyclic) bond motifs is 1. The lowest BCUT2D eigenvalue weighted by molar-refractivity contribution is 0.301. The first-order chi connectivity index (χ1) is 16.3. The van der Waals surface area contributed by atoms with Crippen LogP contribution in [0.4, 0.5) is 0 Å². The molecule has 0 atom stereocenters. The molecule has 2 aromatic heterocycles. The Bertz CT molecular complexity index is 1310. The van der Waals surface area contributed by atoms with Crippen molar-refractivity contribution in [1.29, 1.82) is 0 Å². The molecule has 0 unspecified atom stereocenters. The van der Waals surface area contributed by atoms with Crippen molar-refractivity contribution in [3.8, 4) is 5.75 Å². The number of pyridine rings is 1. The van der Waals surface area contributed by atoms with E-state index in [0.29, 0.717) is 18.2 Å². The number of tetrazole rings is 1. The van der Waals surface area contributed by atoms with E-state index in [0.717, 1.165) is 28.1 Å². The van der Waals surface area contributed by atoms with Crippen LogP contribution in [0, 0.1) is 0 Å². The topological polar surface area (TPSA) is 76.6 Å². The highest BCUT2D eigenvalue weighted by atomic mass is 32.2. The minimum absolute atomic E-state index is 0.453. The number of rotatable bonds is 9. The van der Waals surface area contributed by atoms with Gasteiger partial charge in [0.1, 0.15) is 12.4 Å². The number of ether oxygens (including phenoxy) is 1. The Morgan fingerprint density at radius 1 is 0.758 bits per heavy atom. The molecule has 0 saturated carbocycles. The quantitative estimate of drug-likeness (QED) is 0.268. The average molecular weight is 472 g/mol. The van der Waals surface area contributed by atoms with Crippen LogP contribution in [0.2, 0.25) is 0 Å².